The molecular weight excluding hydrogens is 309 g/mol. The molecule has 0 atom stereocenters. The van der Waals surface area contributed by atoms with E-state index in [0.29, 0.717) is 0 Å². The normalized spacial score (nSPS) is 19.1. The van der Waals surface area contributed by atoms with Gasteiger partial charge in [0, 0.05) is 26.2 Å². The Morgan fingerprint density at radius 2 is 1.55 bits per heavy atom. The Labute approximate surface area is 117 Å². The van der Waals surface area contributed by atoms with Crippen LogP contribution in [0.1, 0.15) is 0 Å². The molecule has 2 rings (SSSR count). The van der Waals surface area contributed by atoms with E-state index in [1.54, 1.807) is 0 Å². The van der Waals surface area contributed by atoms with E-state index in [9.17, 15) is 21.2 Å². The lowest BCUT2D eigenvalue weighted by Gasteiger charge is -2.32. The van der Waals surface area contributed by atoms with E-state index in [-0.39, 0.29) is 31.1 Å². The van der Waals surface area contributed by atoms with Gasteiger partial charge in [-0.1, -0.05) is 6.07 Å². The predicted molar refractivity (Wildman–Crippen MR) is 69.8 cm³/mol. The van der Waals surface area contributed by atoms with Crippen molar-refractivity contribution in [2.45, 2.75) is 4.90 Å². The van der Waals surface area contributed by atoms with Crippen LogP contribution in [0.25, 0.3) is 0 Å². The topological polar surface area (TPSA) is 101 Å². The van der Waals surface area contributed by atoms with Gasteiger partial charge in [0.2, 0.25) is 10.0 Å². The largest absolute Gasteiger partial charge is 0.276 e. The van der Waals surface area contributed by atoms with Crippen LogP contribution in [-0.4, -0.2) is 51.6 Å². The number of sulfonamides is 1. The molecule has 1 aromatic rings. The van der Waals surface area contributed by atoms with E-state index < -0.39 is 26.0 Å². The monoisotopic (exact) mass is 323 g/mol. The van der Waals surface area contributed by atoms with E-state index in [1.807, 2.05) is 0 Å². The number of nitrogens with two attached hydrogens (primary N) is 1. The third-order valence-corrected chi connectivity index (χ3v) is 5.97. The molecule has 0 radical (unpaired) electrons. The highest BCUT2D eigenvalue weighted by molar-refractivity contribution is 7.89. The molecule has 1 saturated heterocycles. The molecule has 0 bridgehead atoms. The van der Waals surface area contributed by atoms with Crippen LogP contribution in [0.5, 0.6) is 0 Å². The maximum absolute atomic E-state index is 13.1. The summed E-state index contributed by atoms with van der Waals surface area (Å²) in [6.45, 7) is -0.0781. The quantitative estimate of drug-likeness (QED) is 0.797. The van der Waals surface area contributed by atoms with Crippen molar-refractivity contribution in [2.24, 2.45) is 5.14 Å². The summed E-state index contributed by atoms with van der Waals surface area (Å²) in [5.41, 5.74) is 0. The number of piperazine rings is 1. The zero-order valence-corrected chi connectivity index (χ0v) is 12.1. The molecule has 1 aromatic carbocycles. The first-order valence-electron chi connectivity index (χ1n) is 5.75. The van der Waals surface area contributed by atoms with Crippen LogP contribution in [0.15, 0.2) is 29.2 Å². The molecule has 0 amide bonds. The molecule has 1 heterocycles. The Morgan fingerprint density at radius 1 is 1.00 bits per heavy atom. The van der Waals surface area contributed by atoms with Gasteiger partial charge in [0.25, 0.3) is 10.2 Å². The third kappa shape index (κ3) is 3.15. The van der Waals surface area contributed by atoms with Crippen molar-refractivity contribution in [2.75, 3.05) is 26.2 Å². The summed E-state index contributed by atoms with van der Waals surface area (Å²) in [6, 6.07) is 4.69. The van der Waals surface area contributed by atoms with Gasteiger partial charge in [-0.25, -0.2) is 17.9 Å². The molecule has 0 aromatic heterocycles. The van der Waals surface area contributed by atoms with Gasteiger partial charge in [0.05, 0.1) is 4.90 Å². The number of hydrogen-bond acceptors (Lipinski definition) is 4. The van der Waals surface area contributed by atoms with E-state index in [4.69, 9.17) is 5.14 Å². The number of hydrogen-bond donors (Lipinski definition) is 1. The molecule has 1 aliphatic rings. The number of benzene rings is 1. The Kier molecular flexibility index (Phi) is 4.12. The first-order chi connectivity index (χ1) is 9.21. The molecule has 0 aliphatic carbocycles. The second-order valence-electron chi connectivity index (χ2n) is 4.31. The van der Waals surface area contributed by atoms with Crippen LogP contribution < -0.4 is 5.14 Å². The van der Waals surface area contributed by atoms with Gasteiger partial charge in [-0.05, 0) is 18.2 Å². The molecule has 0 unspecified atom stereocenters. The fourth-order valence-electron chi connectivity index (χ4n) is 1.94. The fourth-order valence-corrected chi connectivity index (χ4v) is 4.07. The number of nitrogens with zero attached hydrogens (tertiary/aromatic N) is 2. The summed E-state index contributed by atoms with van der Waals surface area (Å²) < 4.78 is 62.0. The minimum atomic E-state index is -3.82. The van der Waals surface area contributed by atoms with Crippen molar-refractivity contribution in [3.05, 3.63) is 30.1 Å². The Balaban J connectivity index is 2.18. The highest BCUT2D eigenvalue weighted by Gasteiger charge is 2.31. The molecule has 0 spiro atoms. The second-order valence-corrected chi connectivity index (χ2v) is 7.79. The third-order valence-electron chi connectivity index (χ3n) is 2.99. The summed E-state index contributed by atoms with van der Waals surface area (Å²) in [6.07, 6.45) is 0. The average Bonchev–Trinajstić information content (AvgIpc) is 2.38. The lowest BCUT2D eigenvalue weighted by Crippen LogP contribution is -2.52. The Hall–Kier alpha value is -1.07. The minimum absolute atomic E-state index is 0.0186. The molecular formula is C10H14FN3O4S2. The van der Waals surface area contributed by atoms with E-state index >= 15 is 0 Å². The first-order valence-corrected chi connectivity index (χ1v) is 8.69. The van der Waals surface area contributed by atoms with Crippen molar-refractivity contribution in [1.82, 2.24) is 8.61 Å². The molecule has 1 aliphatic heterocycles. The smallest absolute Gasteiger partial charge is 0.216 e. The van der Waals surface area contributed by atoms with Crippen LogP contribution >= 0.6 is 0 Å². The van der Waals surface area contributed by atoms with Gasteiger partial charge in [-0.3, -0.25) is 0 Å². The number of rotatable bonds is 3. The van der Waals surface area contributed by atoms with Gasteiger partial charge < -0.3 is 0 Å². The standard InChI is InChI=1S/C10H14FN3O4S2/c11-9-2-1-3-10(8-9)19(15,16)13-4-6-14(7-5-13)20(12,17)18/h1-3,8H,4-7H2,(H2,12,17,18). The Morgan fingerprint density at radius 3 is 2.05 bits per heavy atom. The van der Waals surface area contributed by atoms with Crippen molar-refractivity contribution in [3.8, 4) is 0 Å². The van der Waals surface area contributed by atoms with Gasteiger partial charge in [0.15, 0.2) is 0 Å². The van der Waals surface area contributed by atoms with Crippen molar-refractivity contribution in [3.63, 3.8) is 0 Å². The molecule has 2 N–H and O–H groups in total. The van der Waals surface area contributed by atoms with Crippen molar-refractivity contribution in [1.29, 1.82) is 0 Å². The van der Waals surface area contributed by atoms with Crippen LogP contribution in [0.3, 0.4) is 0 Å². The maximum Gasteiger partial charge on any atom is 0.276 e. The van der Waals surface area contributed by atoms with E-state index in [2.05, 4.69) is 0 Å². The van der Waals surface area contributed by atoms with Crippen LogP contribution in [0, 0.1) is 5.82 Å². The van der Waals surface area contributed by atoms with Gasteiger partial charge in [0.1, 0.15) is 5.82 Å². The maximum atomic E-state index is 13.1. The first kappa shape index (κ1) is 15.3. The minimum Gasteiger partial charge on any atom is -0.216 e. The zero-order chi connectivity index (χ0) is 15.0. The SMILES string of the molecule is NS(=O)(=O)N1CCN(S(=O)(=O)c2cccc(F)c2)CC1. The van der Waals surface area contributed by atoms with Gasteiger partial charge in [-0.15, -0.1) is 0 Å². The van der Waals surface area contributed by atoms with Crippen LogP contribution in [0.4, 0.5) is 4.39 Å². The lowest BCUT2D eigenvalue weighted by molar-refractivity contribution is 0.273. The zero-order valence-electron chi connectivity index (χ0n) is 10.4. The summed E-state index contributed by atoms with van der Waals surface area (Å²) in [5, 5.41) is 4.98. The van der Waals surface area contributed by atoms with Crippen molar-refractivity contribution >= 4 is 20.2 Å². The van der Waals surface area contributed by atoms with E-state index in [1.165, 1.54) is 12.1 Å². The predicted octanol–water partition coefficient (Wildman–Crippen LogP) is -0.664. The van der Waals surface area contributed by atoms with Gasteiger partial charge >= 0.3 is 0 Å². The average molecular weight is 323 g/mol. The molecule has 0 saturated carbocycles. The lowest BCUT2D eigenvalue weighted by atomic mass is 10.4. The number of halogens is 1. The van der Waals surface area contributed by atoms with Gasteiger partial charge in [-0.2, -0.15) is 17.0 Å². The fraction of sp³-hybridized carbons (Fsp3) is 0.400. The summed E-state index contributed by atoms with van der Waals surface area (Å²) in [7, 11) is -7.64. The molecule has 10 heteroatoms. The van der Waals surface area contributed by atoms with Crippen LogP contribution in [0.2, 0.25) is 0 Å². The summed E-state index contributed by atoms with van der Waals surface area (Å²) in [4.78, 5) is -0.151. The van der Waals surface area contributed by atoms with Crippen molar-refractivity contribution < 1.29 is 21.2 Å². The highest BCUT2D eigenvalue weighted by Crippen LogP contribution is 2.18. The summed E-state index contributed by atoms with van der Waals surface area (Å²) in [5.74, 6) is -0.644. The second kappa shape index (κ2) is 5.37. The summed E-state index contributed by atoms with van der Waals surface area (Å²) >= 11 is 0. The molecule has 112 valence electrons. The Bertz CT molecular complexity index is 697. The van der Waals surface area contributed by atoms with E-state index in [0.717, 1.165) is 20.7 Å². The molecule has 1 fully saturated rings. The van der Waals surface area contributed by atoms with Crippen LogP contribution in [-0.2, 0) is 20.2 Å². The molecule has 20 heavy (non-hydrogen) atoms. The molecule has 7 nitrogen and oxygen atoms in total. The highest BCUT2D eigenvalue weighted by atomic mass is 32.2.